The summed E-state index contributed by atoms with van der Waals surface area (Å²) in [5, 5.41) is 0.803. The highest BCUT2D eigenvalue weighted by molar-refractivity contribution is 7.88. The second-order valence-electron chi connectivity index (χ2n) is 4.97. The number of nitrogen functional groups attached to an aromatic ring is 1. The number of anilines is 1. The Labute approximate surface area is 128 Å². The van der Waals surface area contributed by atoms with E-state index in [2.05, 4.69) is 0 Å². The van der Waals surface area contributed by atoms with Crippen molar-refractivity contribution in [3.8, 4) is 0 Å². The molecule has 1 aliphatic carbocycles. The van der Waals surface area contributed by atoms with Crippen LogP contribution in [0.15, 0.2) is 53.4 Å². The van der Waals surface area contributed by atoms with Gasteiger partial charge in [-0.1, -0.05) is 35.9 Å². The molecule has 0 heterocycles. The lowest BCUT2D eigenvalue weighted by Gasteiger charge is -2.19. The summed E-state index contributed by atoms with van der Waals surface area (Å²) < 4.78 is 12.8. The fourth-order valence-electron chi connectivity index (χ4n) is 2.32. The van der Waals surface area contributed by atoms with Crippen LogP contribution in [0.5, 0.6) is 0 Å². The molecule has 21 heavy (non-hydrogen) atoms. The first-order valence-electron chi connectivity index (χ1n) is 6.76. The molecule has 0 bridgehead atoms. The molecule has 0 spiro atoms. The lowest BCUT2D eigenvalue weighted by atomic mass is 9.96. The van der Waals surface area contributed by atoms with E-state index in [1.54, 1.807) is 0 Å². The minimum absolute atomic E-state index is 0.700. The highest BCUT2D eigenvalue weighted by atomic mass is 32.2. The normalized spacial score (nSPS) is 18.0. The Morgan fingerprint density at radius 1 is 0.952 bits per heavy atom. The zero-order chi connectivity index (χ0) is 14.8. The largest absolute Gasteiger partial charge is 0.398 e. The van der Waals surface area contributed by atoms with Gasteiger partial charge in [-0.2, -0.15) is 0 Å². The van der Waals surface area contributed by atoms with E-state index in [0.29, 0.717) is 5.69 Å². The average Bonchev–Trinajstić information content (AvgIpc) is 2.97. The molecule has 2 aromatic rings. The molecule has 2 N–H and O–H groups in total. The summed E-state index contributed by atoms with van der Waals surface area (Å²) in [5.74, 6) is 0.937. The lowest BCUT2D eigenvalue weighted by molar-refractivity contribution is 0.684. The molecule has 1 fully saturated rings. The number of aryl methyl sites for hydroxylation is 1. The molecule has 5 radical (unpaired) electrons. The molecule has 2 nitrogen and oxygen atoms in total. The summed E-state index contributed by atoms with van der Waals surface area (Å²) in [6, 6.07) is 15.4. The van der Waals surface area contributed by atoms with Gasteiger partial charge in [0.15, 0.2) is 0 Å². The minimum atomic E-state index is -1.20. The van der Waals surface area contributed by atoms with Gasteiger partial charge in [0, 0.05) is 16.5 Å². The van der Waals surface area contributed by atoms with Crippen LogP contribution in [-0.2, 0) is 10.8 Å². The first-order valence-corrected chi connectivity index (χ1v) is 7.91. The maximum Gasteiger partial charge on any atom is 0.0835 e. The van der Waals surface area contributed by atoms with E-state index in [-0.39, 0.29) is 0 Å². The monoisotopic (exact) mass is 294 g/mol. The predicted octanol–water partition coefficient (Wildman–Crippen LogP) is 3.47. The fourth-order valence-corrected chi connectivity index (χ4v) is 3.54. The second-order valence-corrected chi connectivity index (χ2v) is 6.42. The van der Waals surface area contributed by atoms with Crippen molar-refractivity contribution >= 4 is 16.5 Å². The van der Waals surface area contributed by atoms with Crippen molar-refractivity contribution in [3.63, 3.8) is 0 Å². The molecule has 1 atom stereocenters. The number of benzene rings is 2. The van der Waals surface area contributed by atoms with Gasteiger partial charge < -0.3 is 5.73 Å². The third kappa shape index (κ3) is 2.88. The quantitative estimate of drug-likeness (QED) is 0.881. The molecule has 3 heteroatoms. The third-order valence-electron chi connectivity index (χ3n) is 3.46. The van der Waals surface area contributed by atoms with Gasteiger partial charge in [0.25, 0.3) is 0 Å². The zero-order valence-electron chi connectivity index (χ0n) is 11.7. The molecule has 105 valence electrons. The molecule has 2 aromatic carbocycles. The van der Waals surface area contributed by atoms with Crippen molar-refractivity contribution < 1.29 is 4.21 Å². The van der Waals surface area contributed by atoms with E-state index in [9.17, 15) is 4.21 Å². The third-order valence-corrected chi connectivity index (χ3v) is 4.92. The minimum Gasteiger partial charge on any atom is -0.398 e. The Hall–Kier alpha value is -1.61. The Morgan fingerprint density at radius 3 is 2.38 bits per heavy atom. The molecule has 0 aromatic heterocycles. The highest BCUT2D eigenvalue weighted by Crippen LogP contribution is 2.43. The van der Waals surface area contributed by atoms with Crippen LogP contribution in [0.4, 0.5) is 5.69 Å². The molecule has 0 amide bonds. The standard InChI is InChI=1S/C18H16NOS/c1-13-9-11-14(12-10-13)21(20)18-8-4-6-16(18)15-5-2-3-7-17(15)19/h2-12H,19H2,1H3/t21-/m1/s1. The molecule has 0 unspecified atom stereocenters. The first kappa shape index (κ1) is 14.3. The van der Waals surface area contributed by atoms with Crippen molar-refractivity contribution in [2.75, 3.05) is 5.73 Å². The van der Waals surface area contributed by atoms with Gasteiger partial charge in [0.2, 0.25) is 0 Å². The maximum absolute atomic E-state index is 12.8. The van der Waals surface area contributed by atoms with Gasteiger partial charge in [-0.25, -0.2) is 0 Å². The number of para-hydroxylation sites is 1. The van der Waals surface area contributed by atoms with E-state index in [1.807, 2.05) is 74.7 Å². The summed E-state index contributed by atoms with van der Waals surface area (Å²) >= 11 is 0. The number of nitrogens with two attached hydrogens (primary N) is 1. The van der Waals surface area contributed by atoms with E-state index in [0.717, 1.165) is 27.2 Å². The molecule has 3 rings (SSSR count). The van der Waals surface area contributed by atoms with Gasteiger partial charge in [-0.15, -0.1) is 0 Å². The average molecular weight is 294 g/mol. The van der Waals surface area contributed by atoms with Crippen LogP contribution in [-0.4, -0.2) is 4.21 Å². The Kier molecular flexibility index (Phi) is 4.11. The van der Waals surface area contributed by atoms with Crippen LogP contribution in [0, 0.1) is 37.4 Å². The molecular weight excluding hydrogens is 278 g/mol. The molecular formula is C18H16NOS. The van der Waals surface area contributed by atoms with Crippen LogP contribution in [0.2, 0.25) is 0 Å². The maximum atomic E-state index is 12.8. The van der Waals surface area contributed by atoms with Crippen LogP contribution in [0.3, 0.4) is 0 Å². The molecule has 0 aliphatic heterocycles. The summed E-state index contributed by atoms with van der Waals surface area (Å²) in [7, 11) is -1.20. The second kappa shape index (κ2) is 6.02. The molecule has 1 saturated carbocycles. The van der Waals surface area contributed by atoms with Crippen LogP contribution >= 0.6 is 0 Å². The van der Waals surface area contributed by atoms with Crippen LogP contribution < -0.4 is 5.73 Å². The van der Waals surface area contributed by atoms with E-state index in [1.165, 1.54) is 0 Å². The van der Waals surface area contributed by atoms with Gasteiger partial charge in [0.1, 0.15) is 0 Å². The summed E-state index contributed by atoms with van der Waals surface area (Å²) in [4.78, 5) is 0.808. The highest BCUT2D eigenvalue weighted by Gasteiger charge is 2.36. The van der Waals surface area contributed by atoms with Crippen molar-refractivity contribution in [3.05, 3.63) is 90.1 Å². The van der Waals surface area contributed by atoms with Gasteiger partial charge >= 0.3 is 0 Å². The Morgan fingerprint density at radius 2 is 1.67 bits per heavy atom. The summed E-state index contributed by atoms with van der Waals surface area (Å²) in [6.45, 7) is 2.02. The van der Waals surface area contributed by atoms with Gasteiger partial charge in [0.05, 0.1) is 16.0 Å². The van der Waals surface area contributed by atoms with Gasteiger partial charge in [-0.3, -0.25) is 4.21 Å². The van der Waals surface area contributed by atoms with E-state index in [4.69, 9.17) is 5.73 Å². The SMILES string of the molecule is Cc1ccc([S@@](=O)[C]2[CH][CH][CH][C]2c2ccccc2N)cc1. The smallest absolute Gasteiger partial charge is 0.0835 e. The Balaban J connectivity index is 1.89. The van der Waals surface area contributed by atoms with Crippen molar-refractivity contribution in [2.45, 2.75) is 11.8 Å². The van der Waals surface area contributed by atoms with Crippen molar-refractivity contribution in [1.29, 1.82) is 0 Å². The number of rotatable bonds is 3. The van der Waals surface area contributed by atoms with Gasteiger partial charge in [-0.05, 0) is 49.9 Å². The predicted molar refractivity (Wildman–Crippen MR) is 86.9 cm³/mol. The lowest BCUT2D eigenvalue weighted by Crippen LogP contribution is -2.13. The zero-order valence-corrected chi connectivity index (χ0v) is 12.6. The van der Waals surface area contributed by atoms with E-state index >= 15 is 0 Å². The summed E-state index contributed by atoms with van der Waals surface area (Å²) in [5.41, 5.74) is 8.83. The number of hydrogen-bond donors (Lipinski definition) is 1. The van der Waals surface area contributed by atoms with Crippen molar-refractivity contribution in [2.24, 2.45) is 0 Å². The summed E-state index contributed by atoms with van der Waals surface area (Å²) in [6.07, 6.45) is 5.79. The molecule has 1 aliphatic rings. The topological polar surface area (TPSA) is 43.1 Å². The Bertz CT molecular complexity index is 651. The number of hydrogen-bond acceptors (Lipinski definition) is 2. The van der Waals surface area contributed by atoms with Crippen LogP contribution in [0.25, 0.3) is 0 Å². The fraction of sp³-hybridized carbons (Fsp3) is 0.0556. The van der Waals surface area contributed by atoms with E-state index < -0.39 is 10.8 Å². The molecule has 0 saturated heterocycles. The van der Waals surface area contributed by atoms with Crippen molar-refractivity contribution in [1.82, 2.24) is 0 Å². The van der Waals surface area contributed by atoms with Crippen LogP contribution in [0.1, 0.15) is 11.1 Å². The first-order chi connectivity index (χ1) is 10.2.